The number of methoxy groups -OCH3 is 1. The van der Waals surface area contributed by atoms with E-state index in [1.165, 1.54) is 6.08 Å². The monoisotopic (exact) mass is 494 g/mol. The summed E-state index contributed by atoms with van der Waals surface area (Å²) in [6, 6.07) is 0. The Kier molecular flexibility index (Phi) is 9.76. The first kappa shape index (κ1) is 25.4. The molecule has 1 aliphatic rings. The van der Waals surface area contributed by atoms with E-state index < -0.39 is 65.7 Å². The molecule has 1 aliphatic heterocycles. The molecule has 168 valence electrons. The van der Waals surface area contributed by atoms with Crippen molar-refractivity contribution in [2.75, 3.05) is 13.7 Å². The number of ether oxygens (including phenoxy) is 6. The van der Waals surface area contributed by atoms with Crippen LogP contribution in [0.2, 0.25) is 0 Å². The summed E-state index contributed by atoms with van der Waals surface area (Å²) >= 11 is 3.28. The maximum Gasteiger partial charge on any atom is 0.373 e. The van der Waals surface area contributed by atoms with Gasteiger partial charge in [0.2, 0.25) is 5.76 Å². The Morgan fingerprint density at radius 2 is 1.60 bits per heavy atom. The molecule has 0 saturated carbocycles. The van der Waals surface area contributed by atoms with Crippen molar-refractivity contribution >= 4 is 45.8 Å². The lowest BCUT2D eigenvalue weighted by molar-refractivity contribution is -0.197. The summed E-state index contributed by atoms with van der Waals surface area (Å²) in [6.45, 7) is 4.00. The summed E-state index contributed by atoms with van der Waals surface area (Å²) in [5, 5.41) is 0. The molecule has 0 amide bonds. The minimum atomic E-state index is -1.41. The standard InChI is InChI=1S/C18H23BrO11/c1-8(20)26-7-14(27-9(2)21)16(29-11(4)23)17-15(28-10(3)22)12(19)6-13(30-17)18(24)25-5/h6,12,14-17H,7H2,1-5H3/t12-,14+,15+,16+,17+/m0/s1. The molecule has 0 N–H and O–H groups in total. The lowest BCUT2D eigenvalue weighted by atomic mass is 9.97. The van der Waals surface area contributed by atoms with Gasteiger partial charge in [-0.2, -0.15) is 0 Å². The molecule has 0 aromatic rings. The number of carbonyl (C=O) groups is 5. The van der Waals surface area contributed by atoms with Gasteiger partial charge in [0.15, 0.2) is 24.4 Å². The molecule has 30 heavy (non-hydrogen) atoms. The Balaban J connectivity index is 3.41. The quantitative estimate of drug-likeness (QED) is 0.265. The minimum absolute atomic E-state index is 0.251. The maximum atomic E-state index is 12.0. The van der Waals surface area contributed by atoms with Crippen molar-refractivity contribution in [2.24, 2.45) is 0 Å². The van der Waals surface area contributed by atoms with Gasteiger partial charge in [0.05, 0.1) is 11.9 Å². The van der Waals surface area contributed by atoms with E-state index in [0.717, 1.165) is 34.8 Å². The molecule has 0 unspecified atom stereocenters. The summed E-state index contributed by atoms with van der Waals surface area (Å²) < 4.78 is 30.9. The fourth-order valence-electron chi connectivity index (χ4n) is 2.62. The van der Waals surface area contributed by atoms with Gasteiger partial charge < -0.3 is 28.4 Å². The van der Waals surface area contributed by atoms with Crippen LogP contribution in [-0.4, -0.2) is 72.8 Å². The van der Waals surface area contributed by atoms with Gasteiger partial charge in [0, 0.05) is 27.7 Å². The average Bonchev–Trinajstić information content (AvgIpc) is 2.63. The Morgan fingerprint density at radius 3 is 2.07 bits per heavy atom. The molecule has 0 aliphatic carbocycles. The van der Waals surface area contributed by atoms with E-state index >= 15 is 0 Å². The van der Waals surface area contributed by atoms with Crippen molar-refractivity contribution in [3.8, 4) is 0 Å². The number of alkyl halides is 1. The van der Waals surface area contributed by atoms with Crippen LogP contribution in [0.5, 0.6) is 0 Å². The largest absolute Gasteiger partial charge is 0.475 e. The zero-order valence-electron chi connectivity index (χ0n) is 17.0. The second-order valence-corrected chi connectivity index (χ2v) is 7.21. The number of hydrogen-bond donors (Lipinski definition) is 0. The fraction of sp³-hybridized carbons (Fsp3) is 0.611. The van der Waals surface area contributed by atoms with E-state index in [1.54, 1.807) is 0 Å². The number of halogens is 1. The van der Waals surface area contributed by atoms with Crippen molar-refractivity contribution in [3.05, 3.63) is 11.8 Å². The first-order valence-electron chi connectivity index (χ1n) is 8.72. The summed E-state index contributed by atoms with van der Waals surface area (Å²) in [6.07, 6.45) is -3.84. The highest BCUT2D eigenvalue weighted by atomic mass is 79.9. The van der Waals surface area contributed by atoms with E-state index in [2.05, 4.69) is 20.7 Å². The molecule has 0 fully saturated rings. The number of esters is 5. The highest BCUT2D eigenvalue weighted by Crippen LogP contribution is 2.31. The third-order valence-electron chi connectivity index (χ3n) is 3.66. The van der Waals surface area contributed by atoms with Crippen LogP contribution < -0.4 is 0 Å². The van der Waals surface area contributed by atoms with E-state index in [1.807, 2.05) is 0 Å². The summed E-state index contributed by atoms with van der Waals surface area (Å²) in [5.41, 5.74) is 0. The Morgan fingerprint density at radius 1 is 1.00 bits per heavy atom. The van der Waals surface area contributed by atoms with E-state index in [-0.39, 0.29) is 5.76 Å². The average molecular weight is 495 g/mol. The van der Waals surface area contributed by atoms with Crippen LogP contribution in [-0.2, 0) is 52.4 Å². The minimum Gasteiger partial charge on any atom is -0.475 e. The van der Waals surface area contributed by atoms with Crippen molar-refractivity contribution in [3.63, 3.8) is 0 Å². The van der Waals surface area contributed by atoms with Gasteiger partial charge in [0.25, 0.3) is 0 Å². The molecule has 5 atom stereocenters. The second-order valence-electron chi connectivity index (χ2n) is 6.15. The molecule has 0 radical (unpaired) electrons. The predicted molar refractivity (Wildman–Crippen MR) is 101 cm³/mol. The lowest BCUT2D eigenvalue weighted by Crippen LogP contribution is -2.56. The van der Waals surface area contributed by atoms with Gasteiger partial charge in [-0.05, 0) is 6.08 Å². The van der Waals surface area contributed by atoms with Crippen LogP contribution in [0.4, 0.5) is 0 Å². The SMILES string of the molecule is COC(=O)C1=C[C@H](Br)[C@@H](OC(C)=O)[C@H]([C@H](OC(C)=O)[C@@H](COC(C)=O)OC(C)=O)O1. The van der Waals surface area contributed by atoms with Crippen molar-refractivity contribution in [1.29, 1.82) is 0 Å². The van der Waals surface area contributed by atoms with Crippen LogP contribution in [0.3, 0.4) is 0 Å². The Hall–Kier alpha value is -2.63. The highest BCUT2D eigenvalue weighted by molar-refractivity contribution is 9.09. The van der Waals surface area contributed by atoms with Gasteiger partial charge >= 0.3 is 29.8 Å². The van der Waals surface area contributed by atoms with Crippen molar-refractivity contribution in [2.45, 2.75) is 56.9 Å². The first-order chi connectivity index (χ1) is 14.0. The first-order valence-corrected chi connectivity index (χ1v) is 9.63. The van der Waals surface area contributed by atoms with E-state index in [0.29, 0.717) is 0 Å². The molecule has 0 spiro atoms. The third-order valence-corrected chi connectivity index (χ3v) is 4.45. The van der Waals surface area contributed by atoms with Gasteiger partial charge in [-0.15, -0.1) is 0 Å². The smallest absolute Gasteiger partial charge is 0.373 e. The number of rotatable bonds is 8. The van der Waals surface area contributed by atoms with E-state index in [9.17, 15) is 24.0 Å². The molecule has 1 rings (SSSR count). The lowest BCUT2D eigenvalue weighted by Gasteiger charge is -2.39. The molecular formula is C18H23BrO11. The molecule has 1 heterocycles. The summed E-state index contributed by atoms with van der Waals surface area (Å²) in [4.78, 5) is 57.4. The zero-order valence-corrected chi connectivity index (χ0v) is 18.6. The summed E-state index contributed by atoms with van der Waals surface area (Å²) in [7, 11) is 1.13. The fourth-order valence-corrected chi connectivity index (χ4v) is 3.27. The van der Waals surface area contributed by atoms with Crippen LogP contribution >= 0.6 is 15.9 Å². The van der Waals surface area contributed by atoms with Gasteiger partial charge in [-0.3, -0.25) is 19.2 Å². The number of hydrogen-bond acceptors (Lipinski definition) is 11. The maximum absolute atomic E-state index is 12.0. The molecule has 0 aromatic heterocycles. The van der Waals surface area contributed by atoms with E-state index in [4.69, 9.17) is 23.7 Å². The van der Waals surface area contributed by atoms with Gasteiger partial charge in [-0.25, -0.2) is 4.79 Å². The predicted octanol–water partition coefficient (Wildman–Crippen LogP) is 0.564. The normalized spacial score (nSPS) is 22.3. The Labute approximate surface area is 181 Å². The Bertz CT molecular complexity index is 717. The van der Waals surface area contributed by atoms with Crippen LogP contribution in [0.15, 0.2) is 11.8 Å². The van der Waals surface area contributed by atoms with Gasteiger partial charge in [-0.1, -0.05) is 15.9 Å². The topological polar surface area (TPSA) is 141 Å². The molecule has 0 aromatic carbocycles. The summed E-state index contributed by atoms with van der Waals surface area (Å²) in [5.74, 6) is -3.99. The van der Waals surface area contributed by atoms with Gasteiger partial charge in [0.1, 0.15) is 6.61 Å². The molecule has 12 heteroatoms. The second kappa shape index (κ2) is 11.5. The highest BCUT2D eigenvalue weighted by Gasteiger charge is 2.48. The third kappa shape index (κ3) is 7.65. The van der Waals surface area contributed by atoms with Crippen LogP contribution in [0.1, 0.15) is 27.7 Å². The van der Waals surface area contributed by atoms with Crippen molar-refractivity contribution < 1.29 is 52.4 Å². The molecular weight excluding hydrogens is 472 g/mol. The van der Waals surface area contributed by atoms with Crippen LogP contribution in [0.25, 0.3) is 0 Å². The number of carbonyl (C=O) groups excluding carboxylic acids is 5. The molecule has 0 saturated heterocycles. The zero-order chi connectivity index (χ0) is 23.0. The van der Waals surface area contributed by atoms with Crippen molar-refractivity contribution in [1.82, 2.24) is 0 Å². The molecule has 11 nitrogen and oxygen atoms in total. The van der Waals surface area contributed by atoms with Crippen LogP contribution in [0, 0.1) is 0 Å². The molecule has 0 bridgehead atoms.